The molecule has 0 fully saturated rings. The van der Waals surface area contributed by atoms with E-state index in [4.69, 9.17) is 5.11 Å². The summed E-state index contributed by atoms with van der Waals surface area (Å²) in [4.78, 5) is 23.1. The number of rotatable bonds is 22. The number of carboxylic acids is 2. The van der Waals surface area contributed by atoms with E-state index in [0.29, 0.717) is 0 Å². The fourth-order valence-electron chi connectivity index (χ4n) is 5.29. The number of aromatic carboxylic acids is 2. The summed E-state index contributed by atoms with van der Waals surface area (Å²) in [5, 5.41) is 19.4. The van der Waals surface area contributed by atoms with Gasteiger partial charge in [-0.1, -0.05) is 148 Å². The lowest BCUT2D eigenvalue weighted by molar-refractivity contribution is -0.903. The van der Waals surface area contributed by atoms with Crippen LogP contribution in [0.4, 0.5) is 0 Å². The fourth-order valence-corrected chi connectivity index (χ4v) is 7.22. The van der Waals surface area contributed by atoms with Gasteiger partial charge in [-0.15, -0.1) is 0 Å². The van der Waals surface area contributed by atoms with E-state index < -0.39 is 11.9 Å². The molecule has 0 atom stereocenters. The Kier molecular flexibility index (Phi) is 20.2. The highest BCUT2D eigenvalue weighted by Crippen LogP contribution is 2.37. The Morgan fingerprint density at radius 3 is 1.43 bits per heavy atom. The van der Waals surface area contributed by atoms with E-state index in [1.54, 1.807) is 36.4 Å². The summed E-state index contributed by atoms with van der Waals surface area (Å²) < 4.78 is 1.11. The molecule has 0 unspecified atom stereocenters. The third kappa shape index (κ3) is 18.4. The predicted molar refractivity (Wildman–Crippen MR) is 193 cm³/mol. The Bertz CT molecular complexity index is 1170. The Morgan fingerprint density at radius 1 is 0.609 bits per heavy atom. The van der Waals surface area contributed by atoms with Gasteiger partial charge in [-0.3, -0.25) is 0 Å². The number of unbranched alkanes of at least 4 members (excludes halogenated alkanes) is 13. The standard InChI is InChI=1S/C25H46N.C14H10O4S2/c1-4-5-6-7-8-9-10-11-12-13-14-15-16-20-23-26(2,3)24-25-21-18-17-19-22-25;15-13(16)9-1-5-11(6-2-9)19-20-12-7-3-10(4-8-12)14(17)18/h17-19,21-22H,4-16,20,23-24H2,1-3H3;1-8H,(H,15,16)(H,17,18)/q+1;/p-1. The number of hydrogen-bond donors (Lipinski definition) is 1. The number of benzene rings is 3. The van der Waals surface area contributed by atoms with Crippen LogP contribution in [0.3, 0.4) is 0 Å². The van der Waals surface area contributed by atoms with E-state index in [9.17, 15) is 14.7 Å². The summed E-state index contributed by atoms with van der Waals surface area (Å²) in [7, 11) is 7.67. The van der Waals surface area contributed by atoms with Gasteiger partial charge in [-0.05, 0) is 54.8 Å². The lowest BCUT2D eigenvalue weighted by atomic mass is 10.0. The van der Waals surface area contributed by atoms with Crippen LogP contribution in [0.1, 0.15) is 123 Å². The van der Waals surface area contributed by atoms with Crippen LogP contribution in [-0.4, -0.2) is 42.2 Å². The molecule has 3 aromatic carbocycles. The molecule has 0 aliphatic carbocycles. The van der Waals surface area contributed by atoms with Crippen LogP contribution >= 0.6 is 21.6 Å². The molecule has 0 aromatic heterocycles. The minimum absolute atomic E-state index is 0.144. The molecule has 0 saturated heterocycles. The number of carboxylic acid groups (broad SMARTS) is 2. The number of hydrogen-bond acceptors (Lipinski definition) is 5. The molecule has 1 N–H and O–H groups in total. The normalized spacial score (nSPS) is 11.1. The summed E-state index contributed by atoms with van der Waals surface area (Å²) >= 11 is 0. The van der Waals surface area contributed by atoms with Crippen molar-refractivity contribution in [3.05, 3.63) is 95.6 Å². The molecule has 0 amide bonds. The number of carbonyl (C=O) groups excluding carboxylic acids is 1. The Labute approximate surface area is 286 Å². The molecule has 0 bridgehead atoms. The van der Waals surface area contributed by atoms with Gasteiger partial charge >= 0.3 is 5.97 Å². The summed E-state index contributed by atoms with van der Waals surface area (Å²) in [5.41, 5.74) is 1.85. The Balaban J connectivity index is 0.000000330. The van der Waals surface area contributed by atoms with Crippen molar-refractivity contribution in [2.45, 2.75) is 113 Å². The second-order valence-corrected chi connectivity index (χ2v) is 15.0. The van der Waals surface area contributed by atoms with Crippen LogP contribution in [0.5, 0.6) is 0 Å². The molecule has 0 saturated carbocycles. The smallest absolute Gasteiger partial charge is 0.335 e. The summed E-state index contributed by atoms with van der Waals surface area (Å²) in [5.74, 6) is -2.15. The summed E-state index contributed by atoms with van der Waals surface area (Å²) in [6.45, 7) is 4.75. The van der Waals surface area contributed by atoms with Crippen molar-refractivity contribution in [3.8, 4) is 0 Å². The van der Waals surface area contributed by atoms with Gasteiger partial charge in [0, 0.05) is 15.4 Å². The van der Waals surface area contributed by atoms with Crippen molar-refractivity contribution < 1.29 is 24.3 Å². The fraction of sp³-hybridized carbons (Fsp3) is 0.487. The van der Waals surface area contributed by atoms with Crippen molar-refractivity contribution in [3.63, 3.8) is 0 Å². The number of nitrogens with zero attached hydrogens (tertiary/aromatic N) is 1. The van der Waals surface area contributed by atoms with Crippen LogP contribution in [0.25, 0.3) is 0 Å². The molecule has 0 heterocycles. The molecule has 0 radical (unpaired) electrons. The largest absolute Gasteiger partial charge is 0.545 e. The molecule has 7 heteroatoms. The Hall–Kier alpha value is -2.74. The first kappa shape index (κ1) is 39.4. The van der Waals surface area contributed by atoms with E-state index in [1.165, 1.54) is 136 Å². The molecule has 0 aliphatic heterocycles. The maximum Gasteiger partial charge on any atom is 0.335 e. The van der Waals surface area contributed by atoms with Crippen molar-refractivity contribution in [2.75, 3.05) is 20.6 Å². The average molecular weight is 666 g/mol. The first-order valence-electron chi connectivity index (χ1n) is 17.1. The lowest BCUT2D eigenvalue weighted by Gasteiger charge is -2.30. The molecule has 0 aliphatic rings. The topological polar surface area (TPSA) is 77.4 Å². The minimum Gasteiger partial charge on any atom is -0.545 e. The monoisotopic (exact) mass is 665 g/mol. The molecule has 0 spiro atoms. The van der Waals surface area contributed by atoms with Crippen LogP contribution < -0.4 is 5.11 Å². The van der Waals surface area contributed by atoms with E-state index >= 15 is 0 Å². The molecule has 252 valence electrons. The third-order valence-electron chi connectivity index (χ3n) is 8.00. The van der Waals surface area contributed by atoms with Crippen LogP contribution in [0.2, 0.25) is 0 Å². The van der Waals surface area contributed by atoms with Gasteiger partial charge < -0.3 is 19.5 Å². The molecule has 3 rings (SSSR count). The van der Waals surface area contributed by atoms with E-state index in [1.807, 2.05) is 0 Å². The number of quaternary nitrogens is 1. The minimum atomic E-state index is -1.20. The van der Waals surface area contributed by atoms with Crippen molar-refractivity contribution in [2.24, 2.45) is 0 Å². The number of carbonyl (C=O) groups is 2. The zero-order chi connectivity index (χ0) is 33.5. The van der Waals surface area contributed by atoms with Gasteiger partial charge in [0.25, 0.3) is 0 Å². The Morgan fingerprint density at radius 2 is 1.02 bits per heavy atom. The van der Waals surface area contributed by atoms with Gasteiger partial charge in [-0.2, -0.15) is 0 Å². The second-order valence-electron chi connectivity index (χ2n) is 12.7. The lowest BCUT2D eigenvalue weighted by Crippen LogP contribution is -2.39. The second kappa shape index (κ2) is 23.6. The van der Waals surface area contributed by atoms with Crippen molar-refractivity contribution in [1.82, 2.24) is 0 Å². The van der Waals surface area contributed by atoms with E-state index in [-0.39, 0.29) is 11.1 Å². The zero-order valence-electron chi connectivity index (χ0n) is 28.3. The average Bonchev–Trinajstić information content (AvgIpc) is 3.05. The highest BCUT2D eigenvalue weighted by molar-refractivity contribution is 8.76. The van der Waals surface area contributed by atoms with Crippen LogP contribution in [-0.2, 0) is 6.54 Å². The molecule has 46 heavy (non-hydrogen) atoms. The first-order valence-corrected chi connectivity index (χ1v) is 19.2. The molecular weight excluding hydrogens is 611 g/mol. The predicted octanol–water partition coefficient (Wildman–Crippen LogP) is 10.3. The highest BCUT2D eigenvalue weighted by atomic mass is 33.1. The maximum absolute atomic E-state index is 10.7. The molecule has 5 nitrogen and oxygen atoms in total. The summed E-state index contributed by atoms with van der Waals surface area (Å²) in [6, 6.07) is 23.9. The zero-order valence-corrected chi connectivity index (χ0v) is 29.9. The first-order chi connectivity index (χ1) is 22.2. The van der Waals surface area contributed by atoms with E-state index in [0.717, 1.165) is 20.8 Å². The van der Waals surface area contributed by atoms with Crippen LogP contribution in [0, 0.1) is 0 Å². The van der Waals surface area contributed by atoms with Gasteiger partial charge in [0.15, 0.2) is 0 Å². The van der Waals surface area contributed by atoms with Crippen molar-refractivity contribution >= 4 is 33.5 Å². The van der Waals surface area contributed by atoms with Crippen LogP contribution in [0.15, 0.2) is 88.7 Å². The molecule has 3 aromatic rings. The van der Waals surface area contributed by atoms with Gasteiger partial charge in [0.1, 0.15) is 6.54 Å². The van der Waals surface area contributed by atoms with Gasteiger partial charge in [-0.25, -0.2) is 4.79 Å². The third-order valence-corrected chi connectivity index (χ3v) is 10.4. The highest BCUT2D eigenvalue weighted by Gasteiger charge is 2.14. The maximum atomic E-state index is 10.7. The van der Waals surface area contributed by atoms with E-state index in [2.05, 4.69) is 51.4 Å². The quantitative estimate of drug-likeness (QED) is 0.0654. The summed E-state index contributed by atoms with van der Waals surface area (Å²) in [6.07, 6.45) is 20.2. The van der Waals surface area contributed by atoms with Gasteiger partial charge in [0.05, 0.1) is 32.2 Å². The van der Waals surface area contributed by atoms with Gasteiger partial charge in [0.2, 0.25) is 0 Å². The van der Waals surface area contributed by atoms with Crippen molar-refractivity contribution in [1.29, 1.82) is 0 Å². The molecular formula is C39H55NO4S2. The SMILES string of the molecule is CCCCCCCCCCCCCCCC[N+](C)(C)Cc1ccccc1.O=C([O-])c1ccc(SSc2ccc(C(=O)O)cc2)cc1.